The number of hydrogen-bond acceptors (Lipinski definition) is 7. The second kappa shape index (κ2) is 9.49. The van der Waals surface area contributed by atoms with Crippen LogP contribution in [0.25, 0.3) is 23.2 Å². The fourth-order valence-electron chi connectivity index (χ4n) is 3.00. The zero-order valence-electron chi connectivity index (χ0n) is 17.6. The Morgan fingerprint density at radius 2 is 1.81 bits per heavy atom. The first-order valence-corrected chi connectivity index (χ1v) is 10.6. The Kier molecular flexibility index (Phi) is 6.32. The van der Waals surface area contributed by atoms with Crippen molar-refractivity contribution in [3.05, 3.63) is 87.0 Å². The average molecular weight is 448 g/mol. The number of hydrogen-bond donors (Lipinski definition) is 0. The molecule has 7 nitrogen and oxygen atoms in total. The lowest BCUT2D eigenvalue weighted by molar-refractivity contribution is 0.326. The molecule has 0 saturated heterocycles. The van der Waals surface area contributed by atoms with E-state index in [-0.39, 0.29) is 5.56 Å². The van der Waals surface area contributed by atoms with Crippen molar-refractivity contribution < 1.29 is 14.2 Å². The van der Waals surface area contributed by atoms with Crippen molar-refractivity contribution in [3.63, 3.8) is 0 Å². The van der Waals surface area contributed by atoms with Crippen LogP contribution in [0.5, 0.6) is 17.2 Å². The summed E-state index contributed by atoms with van der Waals surface area (Å²) in [5.41, 5.74) is 1.58. The van der Waals surface area contributed by atoms with Gasteiger partial charge < -0.3 is 14.2 Å². The molecular formula is C24H21N3O4S. The van der Waals surface area contributed by atoms with Gasteiger partial charge in [0.2, 0.25) is 4.96 Å². The molecule has 0 aliphatic heterocycles. The molecule has 4 aromatic rings. The molecule has 2 aromatic heterocycles. The lowest BCUT2D eigenvalue weighted by Gasteiger charge is -2.09. The largest absolute Gasteiger partial charge is 0.497 e. The third kappa shape index (κ3) is 4.55. The molecule has 0 unspecified atom stereocenters. The van der Waals surface area contributed by atoms with Crippen LogP contribution >= 0.6 is 11.3 Å². The SMILES string of the molecule is C=CCOc1ccc(/C=c2/sc3nc(/C=C/c4ccc(OC)cc4)nn3c2=O)cc1OC. The van der Waals surface area contributed by atoms with Crippen LogP contribution in [0, 0.1) is 0 Å². The van der Waals surface area contributed by atoms with Gasteiger partial charge in [0.05, 0.1) is 18.8 Å². The molecular weight excluding hydrogens is 426 g/mol. The van der Waals surface area contributed by atoms with Gasteiger partial charge >= 0.3 is 0 Å². The van der Waals surface area contributed by atoms with Crippen molar-refractivity contribution in [3.8, 4) is 17.2 Å². The van der Waals surface area contributed by atoms with E-state index in [0.717, 1.165) is 16.9 Å². The first kappa shape index (κ1) is 21.3. The fraction of sp³-hybridized carbons (Fsp3) is 0.125. The summed E-state index contributed by atoms with van der Waals surface area (Å²) >= 11 is 1.28. The summed E-state index contributed by atoms with van der Waals surface area (Å²) in [6, 6.07) is 13.1. The molecule has 2 heterocycles. The second-order valence-corrected chi connectivity index (χ2v) is 7.71. The van der Waals surface area contributed by atoms with E-state index >= 15 is 0 Å². The Morgan fingerprint density at radius 1 is 1.03 bits per heavy atom. The van der Waals surface area contributed by atoms with Crippen LogP contribution in [-0.2, 0) is 0 Å². The van der Waals surface area contributed by atoms with Gasteiger partial charge in [-0.2, -0.15) is 9.50 Å². The molecule has 0 aliphatic rings. The van der Waals surface area contributed by atoms with Gasteiger partial charge in [0.25, 0.3) is 5.56 Å². The lowest BCUT2D eigenvalue weighted by atomic mass is 10.2. The van der Waals surface area contributed by atoms with Crippen molar-refractivity contribution in [1.29, 1.82) is 0 Å². The first-order valence-electron chi connectivity index (χ1n) is 9.76. The number of fused-ring (bicyclic) bond motifs is 1. The highest BCUT2D eigenvalue weighted by atomic mass is 32.1. The van der Waals surface area contributed by atoms with Gasteiger partial charge in [-0.15, -0.1) is 5.10 Å². The van der Waals surface area contributed by atoms with E-state index in [4.69, 9.17) is 14.2 Å². The summed E-state index contributed by atoms with van der Waals surface area (Å²) < 4.78 is 18.0. The number of aromatic nitrogens is 3. The van der Waals surface area contributed by atoms with Gasteiger partial charge in [-0.25, -0.2) is 0 Å². The quantitative estimate of drug-likeness (QED) is 0.385. The molecule has 0 N–H and O–H groups in total. The standard InChI is InChI=1S/C24H21N3O4S/c1-4-13-31-19-11-7-17(14-20(19)30-3)15-21-23(28)27-24(32-21)25-22(26-27)12-8-16-5-9-18(29-2)10-6-16/h4-12,14-15H,1,13H2,2-3H3/b12-8+,21-15+. The van der Waals surface area contributed by atoms with Gasteiger partial charge in [0, 0.05) is 0 Å². The van der Waals surface area contributed by atoms with Crippen LogP contribution in [0.2, 0.25) is 0 Å². The van der Waals surface area contributed by atoms with Crippen LogP contribution in [0.15, 0.2) is 59.9 Å². The Balaban J connectivity index is 1.60. The molecule has 4 rings (SSSR count). The number of nitrogens with zero attached hydrogens (tertiary/aromatic N) is 3. The van der Waals surface area contributed by atoms with E-state index in [0.29, 0.717) is 33.4 Å². The molecule has 0 radical (unpaired) electrons. The van der Waals surface area contributed by atoms with Crippen LogP contribution in [0.4, 0.5) is 0 Å². The highest BCUT2D eigenvalue weighted by molar-refractivity contribution is 7.15. The summed E-state index contributed by atoms with van der Waals surface area (Å²) in [7, 11) is 3.20. The minimum Gasteiger partial charge on any atom is -0.497 e. The number of benzene rings is 2. The van der Waals surface area contributed by atoms with Crippen LogP contribution in [0.3, 0.4) is 0 Å². The predicted octanol–water partition coefficient (Wildman–Crippen LogP) is 3.45. The second-order valence-electron chi connectivity index (χ2n) is 6.70. The van der Waals surface area contributed by atoms with Crippen molar-refractivity contribution in [1.82, 2.24) is 14.6 Å². The van der Waals surface area contributed by atoms with Gasteiger partial charge in [-0.3, -0.25) is 4.79 Å². The Morgan fingerprint density at radius 3 is 2.50 bits per heavy atom. The molecule has 8 heteroatoms. The maximum Gasteiger partial charge on any atom is 0.291 e. The summed E-state index contributed by atoms with van der Waals surface area (Å²) in [5, 5.41) is 4.32. The minimum absolute atomic E-state index is 0.215. The third-order valence-corrected chi connectivity index (χ3v) is 5.54. The van der Waals surface area contributed by atoms with E-state index in [1.165, 1.54) is 15.9 Å². The average Bonchev–Trinajstić information content (AvgIpc) is 3.35. The highest BCUT2D eigenvalue weighted by Gasteiger charge is 2.10. The minimum atomic E-state index is -0.215. The van der Waals surface area contributed by atoms with E-state index < -0.39 is 0 Å². The molecule has 0 atom stereocenters. The topological polar surface area (TPSA) is 75.0 Å². The summed E-state index contributed by atoms with van der Waals surface area (Å²) in [4.78, 5) is 17.8. The van der Waals surface area contributed by atoms with Crippen molar-refractivity contribution in [2.24, 2.45) is 0 Å². The summed E-state index contributed by atoms with van der Waals surface area (Å²) in [6.07, 6.45) is 7.12. The van der Waals surface area contributed by atoms with E-state index in [2.05, 4.69) is 16.7 Å². The van der Waals surface area contributed by atoms with E-state index in [1.807, 2.05) is 42.5 Å². The molecule has 0 spiro atoms. The van der Waals surface area contributed by atoms with Gasteiger partial charge in [-0.05, 0) is 47.5 Å². The number of ether oxygens (including phenoxy) is 3. The van der Waals surface area contributed by atoms with E-state index in [1.54, 1.807) is 38.5 Å². The van der Waals surface area contributed by atoms with Crippen molar-refractivity contribution in [2.75, 3.05) is 20.8 Å². The molecule has 162 valence electrons. The lowest BCUT2D eigenvalue weighted by Crippen LogP contribution is -2.23. The van der Waals surface area contributed by atoms with E-state index in [9.17, 15) is 4.79 Å². The maximum absolute atomic E-state index is 12.8. The Hall–Kier alpha value is -3.91. The summed E-state index contributed by atoms with van der Waals surface area (Å²) in [6.45, 7) is 4.02. The fourth-order valence-corrected chi connectivity index (χ4v) is 3.91. The Labute approximate surface area is 188 Å². The molecule has 0 fully saturated rings. The first-order chi connectivity index (χ1) is 15.6. The Bertz CT molecular complexity index is 1390. The third-order valence-electron chi connectivity index (χ3n) is 4.58. The zero-order chi connectivity index (χ0) is 22.5. The monoisotopic (exact) mass is 447 g/mol. The number of rotatable bonds is 8. The van der Waals surface area contributed by atoms with Crippen molar-refractivity contribution in [2.45, 2.75) is 0 Å². The van der Waals surface area contributed by atoms with Crippen LogP contribution in [0.1, 0.15) is 17.0 Å². The molecule has 0 saturated carbocycles. The smallest absolute Gasteiger partial charge is 0.291 e. The number of thiazole rings is 1. The van der Waals surface area contributed by atoms with Crippen LogP contribution in [-0.4, -0.2) is 35.4 Å². The van der Waals surface area contributed by atoms with Crippen LogP contribution < -0.4 is 24.3 Å². The normalized spacial score (nSPS) is 11.9. The van der Waals surface area contributed by atoms with Crippen molar-refractivity contribution >= 4 is 34.5 Å². The van der Waals surface area contributed by atoms with Gasteiger partial charge in [-0.1, -0.05) is 48.3 Å². The van der Waals surface area contributed by atoms with Gasteiger partial charge in [0.15, 0.2) is 17.3 Å². The number of methoxy groups -OCH3 is 2. The zero-order valence-corrected chi connectivity index (χ0v) is 18.5. The molecule has 0 amide bonds. The highest BCUT2D eigenvalue weighted by Crippen LogP contribution is 2.28. The maximum atomic E-state index is 12.8. The molecule has 2 aromatic carbocycles. The summed E-state index contributed by atoms with van der Waals surface area (Å²) in [5.74, 6) is 2.46. The molecule has 0 aliphatic carbocycles. The predicted molar refractivity (Wildman–Crippen MR) is 127 cm³/mol. The van der Waals surface area contributed by atoms with Gasteiger partial charge in [0.1, 0.15) is 12.4 Å². The molecule has 0 bridgehead atoms. The molecule has 32 heavy (non-hydrogen) atoms.